The maximum atomic E-state index is 6.36. The molecule has 0 aliphatic heterocycles. The highest BCUT2D eigenvalue weighted by Crippen LogP contribution is 2.26. The summed E-state index contributed by atoms with van der Waals surface area (Å²) >= 11 is 7.69. The fourth-order valence-electron chi connectivity index (χ4n) is 1.71. The molecule has 3 nitrogen and oxygen atoms in total. The van der Waals surface area contributed by atoms with Gasteiger partial charge in [0.05, 0.1) is 16.0 Å². The molecule has 0 unspecified atom stereocenters. The Labute approximate surface area is 120 Å². The Morgan fingerprint density at radius 3 is 2.26 bits per heavy atom. The van der Waals surface area contributed by atoms with E-state index in [9.17, 15) is 0 Å². The Bertz CT molecular complexity index is 668. The normalized spacial score (nSPS) is 10.4. The molecule has 1 heterocycles. The van der Waals surface area contributed by atoms with Crippen LogP contribution in [0.15, 0.2) is 60.7 Å². The fourth-order valence-corrected chi connectivity index (χ4v) is 2.70. The second-order valence-corrected chi connectivity index (χ2v) is 5.04. The van der Waals surface area contributed by atoms with E-state index in [1.54, 1.807) is 4.68 Å². The van der Waals surface area contributed by atoms with Crippen LogP contribution in [0.25, 0.3) is 5.69 Å². The summed E-state index contributed by atoms with van der Waals surface area (Å²) in [6.07, 6.45) is 0. The lowest BCUT2D eigenvalue weighted by Gasteiger charge is -1.99. The van der Waals surface area contributed by atoms with Crippen molar-refractivity contribution in [1.82, 2.24) is 4.49 Å². The maximum Gasteiger partial charge on any atom is 0.343 e. The molecule has 2 aromatic carbocycles. The molecule has 0 spiro atoms. The first-order chi connectivity index (χ1) is 9.34. The summed E-state index contributed by atoms with van der Waals surface area (Å²) < 4.78 is 6.07. The molecule has 3 aromatic rings. The third kappa shape index (κ3) is 2.59. The first kappa shape index (κ1) is 12.1. The van der Waals surface area contributed by atoms with Gasteiger partial charge >= 0.3 is 5.15 Å². The number of hydrogen-bond acceptors (Lipinski definition) is 3. The van der Waals surface area contributed by atoms with Gasteiger partial charge in [-0.05, 0) is 28.4 Å². The van der Waals surface area contributed by atoms with Gasteiger partial charge in [-0.1, -0.05) is 36.4 Å². The second-order valence-electron chi connectivity index (χ2n) is 3.93. The van der Waals surface area contributed by atoms with Crippen molar-refractivity contribution in [3.05, 3.63) is 65.8 Å². The lowest BCUT2D eigenvalue weighted by Crippen LogP contribution is -2.32. The summed E-state index contributed by atoms with van der Waals surface area (Å²) in [6, 6.07) is 19.7. The Hall–Kier alpha value is -1.91. The van der Waals surface area contributed by atoms with Gasteiger partial charge in [-0.15, -0.1) is 0 Å². The first-order valence-corrected chi connectivity index (χ1v) is 6.95. The average Bonchev–Trinajstić information content (AvgIpc) is 2.82. The van der Waals surface area contributed by atoms with Crippen LogP contribution >= 0.6 is 23.1 Å². The standard InChI is InChI=1S/C14H11ClN3S/c15-13-14(16-11-7-3-1-4-8-11)19-17-18(13)12-9-5-2-6-10-12/h1-10,16H/q+1. The Balaban J connectivity index is 1.92. The number of aromatic nitrogens is 2. The molecule has 0 amide bonds. The van der Waals surface area contributed by atoms with Crippen LogP contribution < -0.4 is 10.00 Å². The number of nitrogens with zero attached hydrogens (tertiary/aromatic N) is 2. The highest BCUT2D eigenvalue weighted by Gasteiger charge is 2.22. The van der Waals surface area contributed by atoms with Gasteiger partial charge in [0, 0.05) is 17.8 Å². The number of anilines is 2. The average molecular weight is 289 g/mol. The molecule has 0 fully saturated rings. The third-order valence-electron chi connectivity index (χ3n) is 2.62. The number of benzene rings is 2. The molecule has 3 rings (SSSR count). The number of para-hydroxylation sites is 2. The van der Waals surface area contributed by atoms with E-state index in [2.05, 4.69) is 9.81 Å². The molecule has 0 atom stereocenters. The highest BCUT2D eigenvalue weighted by molar-refractivity contribution is 7.10. The van der Waals surface area contributed by atoms with Crippen molar-refractivity contribution in [3.63, 3.8) is 0 Å². The minimum Gasteiger partial charge on any atom is -0.339 e. The molecule has 1 aromatic heterocycles. The van der Waals surface area contributed by atoms with Gasteiger partial charge in [-0.3, -0.25) is 0 Å². The van der Waals surface area contributed by atoms with Gasteiger partial charge in [-0.25, -0.2) is 0 Å². The minimum atomic E-state index is 0.583. The van der Waals surface area contributed by atoms with Gasteiger partial charge in [0.25, 0.3) is 0 Å². The smallest absolute Gasteiger partial charge is 0.339 e. The molecule has 0 saturated carbocycles. The van der Waals surface area contributed by atoms with Gasteiger partial charge in [0.15, 0.2) is 0 Å². The van der Waals surface area contributed by atoms with Crippen molar-refractivity contribution in [3.8, 4) is 5.69 Å². The largest absolute Gasteiger partial charge is 0.343 e. The van der Waals surface area contributed by atoms with E-state index in [1.165, 1.54) is 11.5 Å². The van der Waals surface area contributed by atoms with Gasteiger partial charge in [0.1, 0.15) is 0 Å². The Morgan fingerprint density at radius 2 is 1.58 bits per heavy atom. The van der Waals surface area contributed by atoms with Crippen molar-refractivity contribution in [2.24, 2.45) is 0 Å². The SMILES string of the molecule is Clc1c(Nc2ccccc2)sn[n+]1-c1ccccc1. The molecule has 0 saturated heterocycles. The van der Waals surface area contributed by atoms with E-state index in [-0.39, 0.29) is 0 Å². The first-order valence-electron chi connectivity index (χ1n) is 5.79. The van der Waals surface area contributed by atoms with Crippen molar-refractivity contribution in [1.29, 1.82) is 0 Å². The lowest BCUT2D eigenvalue weighted by atomic mass is 10.3. The van der Waals surface area contributed by atoms with E-state index < -0.39 is 0 Å². The zero-order valence-electron chi connectivity index (χ0n) is 9.95. The van der Waals surface area contributed by atoms with E-state index in [4.69, 9.17) is 11.6 Å². The zero-order chi connectivity index (χ0) is 13.1. The topological polar surface area (TPSA) is 28.8 Å². The van der Waals surface area contributed by atoms with Crippen molar-refractivity contribution < 1.29 is 4.68 Å². The third-order valence-corrected chi connectivity index (χ3v) is 3.80. The number of hydrogen-bond donors (Lipinski definition) is 1. The van der Waals surface area contributed by atoms with Crippen molar-refractivity contribution >= 4 is 33.8 Å². The van der Waals surface area contributed by atoms with E-state index in [1.807, 2.05) is 60.7 Å². The number of nitrogens with one attached hydrogen (secondary N) is 1. The van der Waals surface area contributed by atoms with Gasteiger partial charge in [0.2, 0.25) is 10.7 Å². The molecule has 0 aliphatic rings. The van der Waals surface area contributed by atoms with Crippen LogP contribution in [0, 0.1) is 0 Å². The quantitative estimate of drug-likeness (QED) is 0.742. The summed E-state index contributed by atoms with van der Waals surface area (Å²) in [5, 5.41) is 4.68. The van der Waals surface area contributed by atoms with Crippen LogP contribution in [0.4, 0.5) is 10.7 Å². The molecule has 94 valence electrons. The van der Waals surface area contributed by atoms with Crippen LogP contribution in [0.5, 0.6) is 0 Å². The summed E-state index contributed by atoms with van der Waals surface area (Å²) in [5.41, 5.74) is 1.94. The highest BCUT2D eigenvalue weighted by atomic mass is 35.5. The fraction of sp³-hybridized carbons (Fsp3) is 0. The van der Waals surface area contributed by atoms with E-state index >= 15 is 0 Å². The maximum absolute atomic E-state index is 6.36. The van der Waals surface area contributed by atoms with Crippen molar-refractivity contribution in [2.75, 3.05) is 5.32 Å². The molecule has 0 aliphatic carbocycles. The minimum absolute atomic E-state index is 0.583. The summed E-state index contributed by atoms with van der Waals surface area (Å²) in [7, 11) is 0. The molecule has 19 heavy (non-hydrogen) atoms. The molecule has 0 radical (unpaired) electrons. The van der Waals surface area contributed by atoms with Crippen LogP contribution in [-0.4, -0.2) is 4.49 Å². The molecule has 5 heteroatoms. The van der Waals surface area contributed by atoms with Crippen LogP contribution in [0.1, 0.15) is 0 Å². The zero-order valence-corrected chi connectivity index (χ0v) is 11.5. The number of halogens is 1. The van der Waals surface area contributed by atoms with Crippen molar-refractivity contribution in [2.45, 2.75) is 0 Å². The molecule has 1 N–H and O–H groups in total. The molecular formula is C14H11ClN3S+. The predicted octanol–water partition coefficient (Wildman–Crippen LogP) is 3.82. The Kier molecular flexibility index (Phi) is 3.44. The van der Waals surface area contributed by atoms with Crippen LogP contribution in [-0.2, 0) is 0 Å². The number of rotatable bonds is 3. The van der Waals surface area contributed by atoms with Gasteiger partial charge in [-0.2, -0.15) is 0 Å². The predicted molar refractivity (Wildman–Crippen MR) is 78.4 cm³/mol. The second kappa shape index (κ2) is 5.38. The summed E-state index contributed by atoms with van der Waals surface area (Å²) in [6.45, 7) is 0. The summed E-state index contributed by atoms with van der Waals surface area (Å²) in [5.74, 6) is 0. The molecule has 0 bridgehead atoms. The van der Waals surface area contributed by atoms with E-state index in [0.29, 0.717) is 5.15 Å². The lowest BCUT2D eigenvalue weighted by molar-refractivity contribution is -0.648. The molecular weight excluding hydrogens is 278 g/mol. The van der Waals surface area contributed by atoms with Crippen LogP contribution in [0.2, 0.25) is 5.15 Å². The van der Waals surface area contributed by atoms with Gasteiger partial charge < -0.3 is 5.32 Å². The monoisotopic (exact) mass is 288 g/mol. The summed E-state index contributed by atoms with van der Waals surface area (Å²) in [4.78, 5) is 0. The van der Waals surface area contributed by atoms with Crippen LogP contribution in [0.3, 0.4) is 0 Å². The Morgan fingerprint density at radius 1 is 0.947 bits per heavy atom. The van der Waals surface area contributed by atoms with E-state index in [0.717, 1.165) is 16.4 Å².